The van der Waals surface area contributed by atoms with E-state index in [2.05, 4.69) is 0 Å². The van der Waals surface area contributed by atoms with Gasteiger partial charge in [-0.15, -0.1) is 0 Å². The number of hydrogen-bond acceptors (Lipinski definition) is 4. The zero-order chi connectivity index (χ0) is 16.5. The largest absolute Gasteiger partial charge is 0.481 e. The number of allylic oxidation sites excluding steroid dienone is 2. The zero-order valence-corrected chi connectivity index (χ0v) is 11.8. The molecule has 1 aliphatic rings. The van der Waals surface area contributed by atoms with Gasteiger partial charge < -0.3 is 15.9 Å². The average molecular weight is 298 g/mol. The van der Waals surface area contributed by atoms with Gasteiger partial charge in [-0.1, -0.05) is 12.1 Å². The van der Waals surface area contributed by atoms with E-state index < -0.39 is 17.4 Å². The molecule has 0 aliphatic heterocycles. The van der Waals surface area contributed by atoms with E-state index in [-0.39, 0.29) is 17.6 Å². The highest BCUT2D eigenvalue weighted by atomic mass is 16.4. The Labute approximate surface area is 126 Å². The lowest BCUT2D eigenvalue weighted by atomic mass is 9.76. The summed E-state index contributed by atoms with van der Waals surface area (Å²) in [5, 5.41) is 27.8. The van der Waals surface area contributed by atoms with Crippen LogP contribution in [0.5, 0.6) is 0 Å². The number of nitrogens with zero attached hydrogens (tertiary/aromatic N) is 1. The van der Waals surface area contributed by atoms with E-state index >= 15 is 0 Å². The normalized spacial score (nSPS) is 20.5. The van der Waals surface area contributed by atoms with Gasteiger partial charge in [0.1, 0.15) is 0 Å². The van der Waals surface area contributed by atoms with Crippen LogP contribution in [-0.2, 0) is 9.59 Å². The average Bonchev–Trinajstić information content (AvgIpc) is 2.46. The van der Waals surface area contributed by atoms with Crippen molar-refractivity contribution < 1.29 is 19.8 Å². The summed E-state index contributed by atoms with van der Waals surface area (Å²) in [6.07, 6.45) is 2.77. The summed E-state index contributed by atoms with van der Waals surface area (Å²) in [5.41, 5.74) is 5.81. The number of anilines is 1. The van der Waals surface area contributed by atoms with Gasteiger partial charge >= 0.3 is 11.9 Å². The minimum Gasteiger partial charge on any atom is -0.481 e. The monoisotopic (exact) mass is 298 g/mol. The van der Waals surface area contributed by atoms with Gasteiger partial charge in [0.2, 0.25) is 0 Å². The highest BCUT2D eigenvalue weighted by Crippen LogP contribution is 2.38. The van der Waals surface area contributed by atoms with Crippen molar-refractivity contribution in [2.45, 2.75) is 13.3 Å². The van der Waals surface area contributed by atoms with E-state index in [0.717, 1.165) is 0 Å². The molecule has 0 amide bonds. The Morgan fingerprint density at radius 2 is 2.05 bits per heavy atom. The number of nitrogen functional groups attached to an aromatic ring is 1. The summed E-state index contributed by atoms with van der Waals surface area (Å²) in [4.78, 5) is 22.8. The van der Waals surface area contributed by atoms with Gasteiger partial charge in [0.05, 0.1) is 17.0 Å². The molecule has 0 saturated heterocycles. The van der Waals surface area contributed by atoms with Crippen molar-refractivity contribution in [3.8, 4) is 6.07 Å². The second-order valence-electron chi connectivity index (χ2n) is 5.39. The number of carboxylic acids is 2. The van der Waals surface area contributed by atoms with Gasteiger partial charge in [-0.05, 0) is 42.7 Å². The number of hydrogen-bond donors (Lipinski definition) is 3. The first kappa shape index (κ1) is 15.3. The molecular weight excluding hydrogens is 284 g/mol. The molecule has 1 aromatic carbocycles. The predicted octanol–water partition coefficient (Wildman–Crippen LogP) is 2.03. The maximum absolute atomic E-state index is 11.5. The molecule has 1 unspecified atom stereocenters. The lowest BCUT2D eigenvalue weighted by Crippen LogP contribution is -2.29. The standard InChI is InChI=1S/C16H14N2O4/c1-16(15(21)22)6-9(4-10(7-16)14(19)20)13-3-2-12(18)5-11(13)8-17/h2-6H,7,18H2,1H3,(H,19,20)(H,21,22). The fourth-order valence-electron chi connectivity index (χ4n) is 2.41. The summed E-state index contributed by atoms with van der Waals surface area (Å²) >= 11 is 0. The smallest absolute Gasteiger partial charge is 0.331 e. The van der Waals surface area contributed by atoms with Crippen molar-refractivity contribution in [2.75, 3.05) is 5.73 Å². The Morgan fingerprint density at radius 3 is 2.59 bits per heavy atom. The number of nitrogens with two attached hydrogens (primary N) is 1. The van der Waals surface area contributed by atoms with E-state index in [1.807, 2.05) is 6.07 Å². The Hall–Kier alpha value is -3.07. The lowest BCUT2D eigenvalue weighted by Gasteiger charge is -2.26. The maximum atomic E-state index is 11.5. The van der Waals surface area contributed by atoms with Crippen LogP contribution in [0.25, 0.3) is 5.57 Å². The molecule has 2 rings (SSSR count). The first-order valence-corrected chi connectivity index (χ1v) is 6.47. The van der Waals surface area contributed by atoms with E-state index in [1.54, 1.807) is 12.1 Å². The maximum Gasteiger partial charge on any atom is 0.331 e. The summed E-state index contributed by atoms with van der Waals surface area (Å²) in [5.74, 6) is -2.29. The van der Waals surface area contributed by atoms with Crippen LogP contribution < -0.4 is 5.73 Å². The summed E-state index contributed by atoms with van der Waals surface area (Å²) in [7, 11) is 0. The third-order valence-electron chi connectivity index (χ3n) is 3.60. The van der Waals surface area contributed by atoms with E-state index in [1.165, 1.54) is 25.1 Å². The fraction of sp³-hybridized carbons (Fsp3) is 0.188. The number of carboxylic acid groups (broad SMARTS) is 2. The van der Waals surface area contributed by atoms with Crippen molar-refractivity contribution in [1.82, 2.24) is 0 Å². The Balaban J connectivity index is 2.66. The molecule has 0 saturated carbocycles. The highest BCUT2D eigenvalue weighted by molar-refractivity contribution is 5.96. The third-order valence-corrected chi connectivity index (χ3v) is 3.60. The second-order valence-corrected chi connectivity index (χ2v) is 5.39. The van der Waals surface area contributed by atoms with Gasteiger partial charge in [0.15, 0.2) is 0 Å². The zero-order valence-electron chi connectivity index (χ0n) is 11.8. The SMILES string of the molecule is CC1(C(=O)O)C=C(c2ccc(N)cc2C#N)C=C(C(=O)O)C1. The molecule has 6 heteroatoms. The van der Waals surface area contributed by atoms with Crippen molar-refractivity contribution in [3.05, 3.63) is 47.1 Å². The van der Waals surface area contributed by atoms with E-state index in [0.29, 0.717) is 16.8 Å². The molecule has 4 N–H and O–H groups in total. The molecular formula is C16H14N2O4. The Morgan fingerprint density at radius 1 is 1.36 bits per heavy atom. The molecule has 22 heavy (non-hydrogen) atoms. The van der Waals surface area contributed by atoms with Gasteiger partial charge in [-0.25, -0.2) is 4.79 Å². The van der Waals surface area contributed by atoms with Crippen LogP contribution in [0.2, 0.25) is 0 Å². The third kappa shape index (κ3) is 2.69. The number of nitriles is 1. The molecule has 0 fully saturated rings. The molecule has 0 aromatic heterocycles. The summed E-state index contributed by atoms with van der Waals surface area (Å²) in [6, 6.07) is 6.63. The van der Waals surface area contributed by atoms with Crippen molar-refractivity contribution in [3.63, 3.8) is 0 Å². The molecule has 0 heterocycles. The molecule has 112 valence electrons. The van der Waals surface area contributed by atoms with Crippen LogP contribution in [0.3, 0.4) is 0 Å². The molecule has 0 radical (unpaired) electrons. The van der Waals surface area contributed by atoms with Crippen LogP contribution in [0, 0.1) is 16.7 Å². The number of benzene rings is 1. The van der Waals surface area contributed by atoms with Gasteiger partial charge in [-0.2, -0.15) is 5.26 Å². The first-order valence-electron chi connectivity index (χ1n) is 6.47. The number of rotatable bonds is 3. The van der Waals surface area contributed by atoms with Crippen molar-refractivity contribution in [2.24, 2.45) is 5.41 Å². The van der Waals surface area contributed by atoms with Crippen LogP contribution >= 0.6 is 0 Å². The topological polar surface area (TPSA) is 124 Å². The predicted molar refractivity (Wildman–Crippen MR) is 79.6 cm³/mol. The highest BCUT2D eigenvalue weighted by Gasteiger charge is 2.37. The van der Waals surface area contributed by atoms with Crippen LogP contribution in [0.15, 0.2) is 35.9 Å². The van der Waals surface area contributed by atoms with Crippen LogP contribution in [-0.4, -0.2) is 22.2 Å². The van der Waals surface area contributed by atoms with Gasteiger partial charge in [0, 0.05) is 11.3 Å². The van der Waals surface area contributed by atoms with Crippen LogP contribution in [0.4, 0.5) is 5.69 Å². The quantitative estimate of drug-likeness (QED) is 0.733. The molecule has 6 nitrogen and oxygen atoms in total. The van der Waals surface area contributed by atoms with E-state index in [4.69, 9.17) is 5.73 Å². The first-order chi connectivity index (χ1) is 10.3. The van der Waals surface area contributed by atoms with Crippen LogP contribution in [0.1, 0.15) is 24.5 Å². The number of aliphatic carboxylic acids is 2. The molecule has 0 bridgehead atoms. The Kier molecular flexibility index (Phi) is 3.74. The second kappa shape index (κ2) is 5.37. The minimum absolute atomic E-state index is 0.0110. The molecule has 1 aromatic rings. The lowest BCUT2D eigenvalue weighted by molar-refractivity contribution is -0.145. The molecule has 1 atom stereocenters. The van der Waals surface area contributed by atoms with Crippen molar-refractivity contribution >= 4 is 23.2 Å². The molecule has 0 spiro atoms. The van der Waals surface area contributed by atoms with E-state index in [9.17, 15) is 25.1 Å². The molecule has 1 aliphatic carbocycles. The Bertz CT molecular complexity index is 771. The summed E-state index contributed by atoms with van der Waals surface area (Å²) < 4.78 is 0. The van der Waals surface area contributed by atoms with Crippen molar-refractivity contribution in [1.29, 1.82) is 5.26 Å². The van der Waals surface area contributed by atoms with Gasteiger partial charge in [-0.3, -0.25) is 4.79 Å². The summed E-state index contributed by atoms with van der Waals surface area (Å²) in [6.45, 7) is 1.45. The fourth-order valence-corrected chi connectivity index (χ4v) is 2.41. The number of carbonyl (C=O) groups is 2. The minimum atomic E-state index is -1.34. The van der Waals surface area contributed by atoms with Gasteiger partial charge in [0.25, 0.3) is 0 Å².